The molecule has 0 bridgehead atoms. The minimum atomic E-state index is -0.696. The molecule has 0 unspecified atom stereocenters. The van der Waals surface area contributed by atoms with Crippen molar-refractivity contribution in [3.8, 4) is 5.69 Å². The van der Waals surface area contributed by atoms with Crippen molar-refractivity contribution in [3.63, 3.8) is 0 Å². The summed E-state index contributed by atoms with van der Waals surface area (Å²) < 4.78 is 19.6. The van der Waals surface area contributed by atoms with Gasteiger partial charge >= 0.3 is 5.97 Å². The molecule has 3 aromatic rings. The van der Waals surface area contributed by atoms with Crippen LogP contribution in [0.4, 0.5) is 10.1 Å². The van der Waals surface area contributed by atoms with E-state index in [1.165, 1.54) is 29.0 Å². The number of carbonyl (C=O) groups excluding carboxylic acids is 2. The number of aromatic nitrogens is 2. The molecule has 1 amide bonds. The molecule has 0 radical (unpaired) electrons. The summed E-state index contributed by atoms with van der Waals surface area (Å²) in [6.07, 6.45) is 4.58. The highest BCUT2D eigenvalue weighted by molar-refractivity contribution is 7.98. The highest BCUT2D eigenvalue weighted by atomic mass is 35.5. The van der Waals surface area contributed by atoms with Crippen LogP contribution >= 0.6 is 23.4 Å². The van der Waals surface area contributed by atoms with Crippen LogP contribution in [0.5, 0.6) is 0 Å². The van der Waals surface area contributed by atoms with Crippen LogP contribution in [0.15, 0.2) is 59.5 Å². The van der Waals surface area contributed by atoms with Crippen molar-refractivity contribution in [1.82, 2.24) is 9.78 Å². The Kier molecular flexibility index (Phi) is 7.49. The summed E-state index contributed by atoms with van der Waals surface area (Å²) in [5.41, 5.74) is 2.30. The van der Waals surface area contributed by atoms with E-state index >= 15 is 0 Å². The van der Waals surface area contributed by atoms with Crippen molar-refractivity contribution >= 4 is 47.0 Å². The second-order valence-corrected chi connectivity index (χ2v) is 7.64. The van der Waals surface area contributed by atoms with Crippen molar-refractivity contribution in [1.29, 1.82) is 0 Å². The predicted molar refractivity (Wildman–Crippen MR) is 120 cm³/mol. The van der Waals surface area contributed by atoms with Crippen LogP contribution in [0.1, 0.15) is 11.3 Å². The number of anilines is 1. The number of nitrogens with one attached hydrogen (secondary N) is 1. The van der Waals surface area contributed by atoms with Gasteiger partial charge in [-0.25, -0.2) is 13.9 Å². The van der Waals surface area contributed by atoms with Crippen LogP contribution in [-0.2, 0) is 14.3 Å². The van der Waals surface area contributed by atoms with E-state index in [9.17, 15) is 14.0 Å². The number of rotatable bonds is 7. The Bertz CT molecular complexity index is 1130. The summed E-state index contributed by atoms with van der Waals surface area (Å²) in [7, 11) is 0. The van der Waals surface area contributed by atoms with E-state index in [0.717, 1.165) is 4.90 Å². The lowest BCUT2D eigenvalue weighted by Crippen LogP contribution is -2.20. The summed E-state index contributed by atoms with van der Waals surface area (Å²) in [6, 6.07) is 13.0. The van der Waals surface area contributed by atoms with Gasteiger partial charge in [0.1, 0.15) is 11.0 Å². The number of hydrogen-bond donors (Lipinski definition) is 1. The fourth-order valence-electron chi connectivity index (χ4n) is 2.69. The van der Waals surface area contributed by atoms with Gasteiger partial charge in [0.25, 0.3) is 5.91 Å². The molecule has 0 aliphatic heterocycles. The summed E-state index contributed by atoms with van der Waals surface area (Å²) in [5, 5.41) is 7.25. The molecule has 2 aromatic carbocycles. The highest BCUT2D eigenvalue weighted by Gasteiger charge is 2.13. The zero-order valence-corrected chi connectivity index (χ0v) is 18.3. The van der Waals surface area contributed by atoms with Crippen LogP contribution in [0, 0.1) is 12.7 Å². The fraction of sp³-hybridized carbons (Fsp3) is 0.136. The number of halogens is 2. The molecule has 0 atom stereocenters. The number of aryl methyl sites for hydroxylation is 1. The predicted octanol–water partition coefficient (Wildman–Crippen LogP) is 4.89. The Labute approximate surface area is 188 Å². The lowest BCUT2D eigenvalue weighted by Gasteiger charge is -2.06. The first-order chi connectivity index (χ1) is 14.9. The largest absolute Gasteiger partial charge is 0.452 e. The molecule has 9 heteroatoms. The average Bonchev–Trinajstić information content (AvgIpc) is 3.04. The van der Waals surface area contributed by atoms with Crippen molar-refractivity contribution in [2.75, 3.05) is 18.2 Å². The summed E-state index contributed by atoms with van der Waals surface area (Å²) in [5.74, 6) is -1.51. The number of nitrogens with zero attached hydrogens (tertiary/aromatic N) is 2. The van der Waals surface area contributed by atoms with Crippen molar-refractivity contribution in [2.45, 2.75) is 11.8 Å². The first kappa shape index (κ1) is 22.6. The number of ether oxygens (including phenoxy) is 1. The Balaban J connectivity index is 1.59. The number of carbonyl (C=O) groups is 2. The van der Waals surface area contributed by atoms with Gasteiger partial charge in [-0.15, -0.1) is 11.8 Å². The molecule has 0 spiro atoms. The lowest BCUT2D eigenvalue weighted by molar-refractivity contribution is -0.142. The Hall–Kier alpha value is -3.10. The molecule has 31 heavy (non-hydrogen) atoms. The van der Waals surface area contributed by atoms with Crippen LogP contribution in [0.25, 0.3) is 11.8 Å². The Morgan fingerprint density at radius 2 is 2.00 bits per heavy atom. The lowest BCUT2D eigenvalue weighted by atomic mass is 10.2. The number of amides is 1. The van der Waals surface area contributed by atoms with E-state index in [0.29, 0.717) is 22.6 Å². The fourth-order valence-corrected chi connectivity index (χ4v) is 3.48. The SMILES string of the molecule is CSc1cccc(NC(=O)COC(=O)/C=C/c2c(C)nn(-c3ccc(F)cc3)c2Cl)c1. The van der Waals surface area contributed by atoms with Gasteiger partial charge in [-0.05, 0) is 61.7 Å². The third kappa shape index (κ3) is 5.96. The van der Waals surface area contributed by atoms with Crippen LogP contribution in [-0.4, -0.2) is 34.5 Å². The molecule has 0 saturated carbocycles. The maximum atomic E-state index is 13.1. The molecule has 1 N–H and O–H groups in total. The van der Waals surface area contributed by atoms with Crippen molar-refractivity contribution in [2.24, 2.45) is 0 Å². The topological polar surface area (TPSA) is 73.2 Å². The highest BCUT2D eigenvalue weighted by Crippen LogP contribution is 2.25. The van der Waals surface area contributed by atoms with E-state index in [1.54, 1.807) is 36.9 Å². The smallest absolute Gasteiger partial charge is 0.331 e. The molecule has 160 valence electrons. The van der Waals surface area contributed by atoms with Gasteiger partial charge in [0.05, 0.1) is 11.4 Å². The van der Waals surface area contributed by atoms with Gasteiger partial charge in [0.2, 0.25) is 0 Å². The number of benzene rings is 2. The first-order valence-electron chi connectivity index (χ1n) is 9.17. The molecule has 0 saturated heterocycles. The molecule has 0 aliphatic carbocycles. The number of esters is 1. The standard InChI is InChI=1S/C22H19ClFN3O3S/c1-14-19(22(23)27(26-14)17-8-6-15(24)7-9-17)10-11-21(29)30-13-20(28)25-16-4-3-5-18(12-16)31-2/h3-12H,13H2,1-2H3,(H,25,28)/b11-10+. The Morgan fingerprint density at radius 3 is 2.71 bits per heavy atom. The van der Waals surface area contributed by atoms with Crippen LogP contribution in [0.3, 0.4) is 0 Å². The monoisotopic (exact) mass is 459 g/mol. The second kappa shape index (κ2) is 10.3. The van der Waals surface area contributed by atoms with Crippen molar-refractivity contribution < 1.29 is 18.7 Å². The maximum absolute atomic E-state index is 13.1. The van der Waals surface area contributed by atoms with Crippen LogP contribution in [0.2, 0.25) is 5.15 Å². The first-order valence-corrected chi connectivity index (χ1v) is 10.8. The van der Waals surface area contributed by atoms with Gasteiger partial charge < -0.3 is 10.1 Å². The maximum Gasteiger partial charge on any atom is 0.331 e. The molecule has 1 aromatic heterocycles. The Morgan fingerprint density at radius 1 is 1.26 bits per heavy atom. The third-order valence-corrected chi connectivity index (χ3v) is 5.29. The van der Waals surface area contributed by atoms with E-state index in [4.69, 9.17) is 16.3 Å². The van der Waals surface area contributed by atoms with E-state index in [2.05, 4.69) is 10.4 Å². The van der Waals surface area contributed by atoms with E-state index in [-0.39, 0.29) is 11.0 Å². The van der Waals surface area contributed by atoms with Crippen molar-refractivity contribution in [3.05, 3.63) is 76.8 Å². The van der Waals surface area contributed by atoms with Gasteiger partial charge in [-0.1, -0.05) is 17.7 Å². The van der Waals surface area contributed by atoms with Gasteiger partial charge in [-0.3, -0.25) is 4.79 Å². The molecule has 3 rings (SSSR count). The molecule has 6 nitrogen and oxygen atoms in total. The number of hydrogen-bond acceptors (Lipinski definition) is 5. The van der Waals surface area contributed by atoms with Crippen LogP contribution < -0.4 is 5.32 Å². The van der Waals surface area contributed by atoms with Gasteiger partial charge in [-0.2, -0.15) is 5.10 Å². The molecule has 0 aliphatic rings. The second-order valence-electron chi connectivity index (χ2n) is 6.40. The zero-order chi connectivity index (χ0) is 22.4. The zero-order valence-electron chi connectivity index (χ0n) is 16.8. The van der Waals surface area contributed by atoms with E-state index < -0.39 is 18.5 Å². The summed E-state index contributed by atoms with van der Waals surface area (Å²) >= 11 is 7.92. The van der Waals surface area contributed by atoms with E-state index in [1.807, 2.05) is 24.5 Å². The minimum Gasteiger partial charge on any atom is -0.452 e. The quantitative estimate of drug-likeness (QED) is 0.309. The van der Waals surface area contributed by atoms with Gasteiger partial charge in [0.15, 0.2) is 6.61 Å². The molecular weight excluding hydrogens is 441 g/mol. The number of thioether (sulfide) groups is 1. The average molecular weight is 460 g/mol. The normalized spacial score (nSPS) is 11.0. The molecular formula is C22H19ClFN3O3S. The minimum absolute atomic E-state index is 0.263. The summed E-state index contributed by atoms with van der Waals surface area (Å²) in [4.78, 5) is 25.0. The molecule has 1 heterocycles. The third-order valence-electron chi connectivity index (χ3n) is 4.20. The molecule has 0 fully saturated rings. The van der Waals surface area contributed by atoms with Gasteiger partial charge in [0, 0.05) is 22.2 Å². The summed E-state index contributed by atoms with van der Waals surface area (Å²) in [6.45, 7) is 1.31.